The third kappa shape index (κ3) is 3.22. The van der Waals surface area contributed by atoms with Crippen LogP contribution in [0, 0.1) is 0 Å². The first-order chi connectivity index (χ1) is 8.45. The van der Waals surface area contributed by atoms with Crippen molar-refractivity contribution in [2.45, 2.75) is 23.8 Å². The Balaban J connectivity index is 2.00. The number of nitrogens with one attached hydrogen (secondary N) is 2. The predicted molar refractivity (Wildman–Crippen MR) is 69.2 cm³/mol. The van der Waals surface area contributed by atoms with E-state index in [0.29, 0.717) is 17.9 Å². The van der Waals surface area contributed by atoms with Crippen molar-refractivity contribution >= 4 is 21.4 Å². The molecule has 1 aromatic rings. The van der Waals surface area contributed by atoms with E-state index < -0.39 is 9.84 Å². The molecule has 6 heteroatoms. The zero-order valence-electron chi connectivity index (χ0n) is 10.1. The van der Waals surface area contributed by atoms with E-state index in [4.69, 9.17) is 0 Å². The highest BCUT2D eigenvalue weighted by molar-refractivity contribution is 7.90. The molecule has 5 nitrogen and oxygen atoms in total. The first-order valence-electron chi connectivity index (χ1n) is 5.78. The first-order valence-corrected chi connectivity index (χ1v) is 7.67. The third-order valence-corrected chi connectivity index (χ3v) is 4.05. The van der Waals surface area contributed by atoms with Crippen molar-refractivity contribution in [3.63, 3.8) is 0 Å². The van der Waals surface area contributed by atoms with Gasteiger partial charge >= 0.3 is 0 Å². The Hall–Kier alpha value is -1.56. The normalized spacial score (nSPS) is 20.3. The Bertz CT molecular complexity index is 527. The summed E-state index contributed by atoms with van der Waals surface area (Å²) in [5, 5.41) is 6.06. The summed E-state index contributed by atoms with van der Waals surface area (Å²) in [6.07, 6.45) is 2.50. The number of sulfone groups is 1. The fourth-order valence-electron chi connectivity index (χ4n) is 1.89. The van der Waals surface area contributed by atoms with Crippen LogP contribution in [0.25, 0.3) is 0 Å². The molecule has 0 spiro atoms. The lowest BCUT2D eigenvalue weighted by molar-refractivity contribution is -0.122. The lowest BCUT2D eigenvalue weighted by atomic mass is 10.1. The van der Waals surface area contributed by atoms with Gasteiger partial charge in [-0.15, -0.1) is 0 Å². The number of hydrogen-bond donors (Lipinski definition) is 2. The highest BCUT2D eigenvalue weighted by Gasteiger charge is 2.17. The maximum Gasteiger partial charge on any atom is 0.220 e. The lowest BCUT2D eigenvalue weighted by Gasteiger charge is -2.24. The minimum atomic E-state index is -3.14. The Kier molecular flexibility index (Phi) is 3.56. The van der Waals surface area contributed by atoms with Gasteiger partial charge in [-0.2, -0.15) is 0 Å². The fraction of sp³-hybridized carbons (Fsp3) is 0.417. The number of amides is 1. The van der Waals surface area contributed by atoms with Crippen LogP contribution in [0.5, 0.6) is 0 Å². The second-order valence-electron chi connectivity index (χ2n) is 4.48. The van der Waals surface area contributed by atoms with Crippen LogP contribution in [0.1, 0.15) is 12.8 Å². The summed E-state index contributed by atoms with van der Waals surface area (Å²) in [7, 11) is -3.14. The van der Waals surface area contributed by atoms with E-state index in [-0.39, 0.29) is 11.9 Å². The molecule has 2 N–H and O–H groups in total. The van der Waals surface area contributed by atoms with Gasteiger partial charge in [0.05, 0.1) is 4.90 Å². The number of carbonyl (C=O) groups excluding carboxylic acids is 1. The molecule has 2 rings (SSSR count). The van der Waals surface area contributed by atoms with Crippen LogP contribution in [0.4, 0.5) is 5.69 Å². The van der Waals surface area contributed by atoms with Crippen LogP contribution in [0.15, 0.2) is 29.2 Å². The number of hydrogen-bond acceptors (Lipinski definition) is 4. The molecule has 1 aliphatic heterocycles. The predicted octanol–water partition coefficient (Wildman–Crippen LogP) is 0.781. The molecule has 0 saturated carbocycles. The summed E-state index contributed by atoms with van der Waals surface area (Å²) in [5.74, 6) is 0.0838. The first kappa shape index (κ1) is 12.9. The molecule has 1 aromatic carbocycles. The van der Waals surface area contributed by atoms with Gasteiger partial charge < -0.3 is 10.6 Å². The topological polar surface area (TPSA) is 75.3 Å². The molecular formula is C12H16N2O3S. The molecule has 1 saturated heterocycles. The molecule has 98 valence electrons. The van der Waals surface area contributed by atoms with Gasteiger partial charge in [-0.3, -0.25) is 4.79 Å². The van der Waals surface area contributed by atoms with Crippen molar-refractivity contribution in [3.05, 3.63) is 24.3 Å². The van der Waals surface area contributed by atoms with Gasteiger partial charge in [-0.1, -0.05) is 0 Å². The molecule has 1 aliphatic rings. The van der Waals surface area contributed by atoms with Crippen LogP contribution >= 0.6 is 0 Å². The van der Waals surface area contributed by atoms with Crippen molar-refractivity contribution < 1.29 is 13.2 Å². The van der Waals surface area contributed by atoms with Crippen molar-refractivity contribution in [2.24, 2.45) is 0 Å². The molecule has 1 heterocycles. The van der Waals surface area contributed by atoms with E-state index >= 15 is 0 Å². The Labute approximate surface area is 107 Å². The molecule has 1 fully saturated rings. The Morgan fingerprint density at radius 1 is 1.28 bits per heavy atom. The zero-order valence-corrected chi connectivity index (χ0v) is 11.0. The zero-order chi connectivity index (χ0) is 13.2. The summed E-state index contributed by atoms with van der Waals surface area (Å²) in [5.41, 5.74) is 0.864. The summed E-state index contributed by atoms with van der Waals surface area (Å²) in [6.45, 7) is 0.604. The molecule has 1 atom stereocenters. The number of carbonyl (C=O) groups is 1. The van der Waals surface area contributed by atoms with Gasteiger partial charge in [0.25, 0.3) is 0 Å². The lowest BCUT2D eigenvalue weighted by Crippen LogP contribution is -2.41. The van der Waals surface area contributed by atoms with Crippen LogP contribution < -0.4 is 10.6 Å². The maximum atomic E-state index is 11.3. The van der Waals surface area contributed by atoms with Crippen LogP contribution in [-0.4, -0.2) is 33.2 Å². The van der Waals surface area contributed by atoms with E-state index in [1.54, 1.807) is 24.3 Å². The Morgan fingerprint density at radius 3 is 2.44 bits per heavy atom. The van der Waals surface area contributed by atoms with Gasteiger partial charge in [-0.25, -0.2) is 8.42 Å². The smallest absolute Gasteiger partial charge is 0.220 e. The number of rotatable bonds is 3. The van der Waals surface area contributed by atoms with Gasteiger partial charge in [-0.05, 0) is 30.7 Å². The molecule has 0 aliphatic carbocycles. The van der Waals surface area contributed by atoms with E-state index in [2.05, 4.69) is 10.6 Å². The Morgan fingerprint density at radius 2 is 1.94 bits per heavy atom. The highest BCUT2D eigenvalue weighted by atomic mass is 32.2. The van der Waals surface area contributed by atoms with Gasteiger partial charge in [0, 0.05) is 31.0 Å². The van der Waals surface area contributed by atoms with E-state index in [9.17, 15) is 13.2 Å². The van der Waals surface area contributed by atoms with Crippen LogP contribution in [0.3, 0.4) is 0 Å². The van der Waals surface area contributed by atoms with Gasteiger partial charge in [0.15, 0.2) is 9.84 Å². The number of piperidine rings is 1. The third-order valence-electron chi connectivity index (χ3n) is 2.92. The van der Waals surface area contributed by atoms with E-state index in [0.717, 1.165) is 12.1 Å². The van der Waals surface area contributed by atoms with Gasteiger partial charge in [0.1, 0.15) is 0 Å². The summed E-state index contributed by atoms with van der Waals surface area (Å²) in [4.78, 5) is 11.3. The quantitative estimate of drug-likeness (QED) is 0.849. The molecule has 1 unspecified atom stereocenters. The van der Waals surface area contributed by atoms with Crippen molar-refractivity contribution in [1.29, 1.82) is 0 Å². The van der Waals surface area contributed by atoms with E-state index in [1.165, 1.54) is 6.26 Å². The van der Waals surface area contributed by atoms with E-state index in [1.807, 2.05) is 0 Å². The molecular weight excluding hydrogens is 252 g/mol. The minimum Gasteiger partial charge on any atom is -0.381 e. The van der Waals surface area contributed by atoms with Crippen LogP contribution in [-0.2, 0) is 14.6 Å². The number of benzene rings is 1. The number of anilines is 1. The average molecular weight is 268 g/mol. The minimum absolute atomic E-state index is 0.0838. The summed E-state index contributed by atoms with van der Waals surface area (Å²) >= 11 is 0. The standard InChI is InChI=1S/C12H16N2O3S/c1-18(16,17)11-5-2-9(3-6-11)14-10-4-7-12(15)13-8-10/h2-3,5-6,10,14H,4,7-8H2,1H3,(H,13,15). The van der Waals surface area contributed by atoms with Crippen molar-refractivity contribution in [1.82, 2.24) is 5.32 Å². The molecule has 0 bridgehead atoms. The second kappa shape index (κ2) is 4.97. The molecule has 18 heavy (non-hydrogen) atoms. The maximum absolute atomic E-state index is 11.3. The summed E-state index contributed by atoms with van der Waals surface area (Å²) < 4.78 is 22.6. The summed E-state index contributed by atoms with van der Waals surface area (Å²) in [6, 6.07) is 6.85. The SMILES string of the molecule is CS(=O)(=O)c1ccc(NC2CCC(=O)NC2)cc1. The molecule has 1 amide bonds. The molecule has 0 aromatic heterocycles. The molecule has 0 radical (unpaired) electrons. The van der Waals surface area contributed by atoms with Gasteiger partial charge in [0.2, 0.25) is 5.91 Å². The fourth-order valence-corrected chi connectivity index (χ4v) is 2.52. The second-order valence-corrected chi connectivity index (χ2v) is 6.50. The van der Waals surface area contributed by atoms with Crippen molar-refractivity contribution in [3.8, 4) is 0 Å². The monoisotopic (exact) mass is 268 g/mol. The van der Waals surface area contributed by atoms with Crippen LogP contribution in [0.2, 0.25) is 0 Å². The largest absolute Gasteiger partial charge is 0.381 e. The highest BCUT2D eigenvalue weighted by Crippen LogP contribution is 2.16. The average Bonchev–Trinajstić information content (AvgIpc) is 2.32. The van der Waals surface area contributed by atoms with Crippen molar-refractivity contribution in [2.75, 3.05) is 18.1 Å².